The molecule has 1 aromatic carbocycles. The molecule has 2 aromatic rings. The molecule has 0 bridgehead atoms. The van der Waals surface area contributed by atoms with Gasteiger partial charge < -0.3 is 10.0 Å². The molecule has 7 heteroatoms. The lowest BCUT2D eigenvalue weighted by Crippen LogP contribution is -2.46. The molecule has 1 saturated heterocycles. The zero-order valence-corrected chi connectivity index (χ0v) is 13.3. The molecule has 23 heavy (non-hydrogen) atoms. The minimum atomic E-state index is -1.00. The van der Waals surface area contributed by atoms with Gasteiger partial charge in [0.05, 0.1) is 10.6 Å². The maximum atomic E-state index is 11.0. The van der Waals surface area contributed by atoms with E-state index >= 15 is 0 Å². The molecule has 1 aliphatic heterocycles. The third-order valence-corrected chi connectivity index (χ3v) is 4.19. The second-order valence-electron chi connectivity index (χ2n) is 5.43. The quantitative estimate of drug-likeness (QED) is 0.925. The fourth-order valence-corrected chi connectivity index (χ4v) is 2.93. The summed E-state index contributed by atoms with van der Waals surface area (Å²) < 4.78 is 0. The average molecular weight is 333 g/mol. The van der Waals surface area contributed by atoms with E-state index in [9.17, 15) is 4.79 Å². The number of aromatic carboxylic acids is 1. The van der Waals surface area contributed by atoms with Gasteiger partial charge in [0.1, 0.15) is 0 Å². The van der Waals surface area contributed by atoms with Crippen LogP contribution in [0.2, 0.25) is 5.02 Å². The molecule has 0 amide bonds. The second kappa shape index (κ2) is 6.93. The summed E-state index contributed by atoms with van der Waals surface area (Å²) in [5.74, 6) is -0.237. The van der Waals surface area contributed by atoms with Crippen LogP contribution >= 0.6 is 11.6 Å². The van der Waals surface area contributed by atoms with Gasteiger partial charge >= 0.3 is 5.97 Å². The van der Waals surface area contributed by atoms with E-state index in [-0.39, 0.29) is 10.6 Å². The first kappa shape index (κ1) is 15.7. The topological polar surface area (TPSA) is 69.6 Å². The fraction of sp³-hybridized carbons (Fsp3) is 0.312. The molecule has 1 N–H and O–H groups in total. The van der Waals surface area contributed by atoms with Crippen molar-refractivity contribution in [3.8, 4) is 0 Å². The second-order valence-corrected chi connectivity index (χ2v) is 5.84. The summed E-state index contributed by atoms with van der Waals surface area (Å²) in [5.41, 5.74) is 1.16. The average Bonchev–Trinajstić information content (AvgIpc) is 2.56. The highest BCUT2D eigenvalue weighted by Gasteiger charge is 2.19. The van der Waals surface area contributed by atoms with Crippen molar-refractivity contribution >= 4 is 23.5 Å². The molecule has 0 aliphatic carbocycles. The maximum absolute atomic E-state index is 11.0. The van der Waals surface area contributed by atoms with Gasteiger partial charge in [0, 0.05) is 45.1 Å². The molecule has 1 fully saturated rings. The van der Waals surface area contributed by atoms with Crippen LogP contribution in [0.5, 0.6) is 0 Å². The van der Waals surface area contributed by atoms with Gasteiger partial charge in [-0.25, -0.2) is 14.8 Å². The van der Waals surface area contributed by atoms with Crippen LogP contribution in [0.3, 0.4) is 0 Å². The van der Waals surface area contributed by atoms with Crippen LogP contribution in [-0.4, -0.2) is 52.1 Å². The van der Waals surface area contributed by atoms with E-state index in [1.807, 2.05) is 12.1 Å². The van der Waals surface area contributed by atoms with Crippen molar-refractivity contribution in [2.24, 2.45) is 0 Å². The predicted octanol–water partition coefficient (Wildman–Crippen LogP) is 2.15. The standard InChI is InChI=1S/C16H17ClN4O2/c17-14-10-12(2-3-13(14)15(22)23)11-20-6-8-21(9-7-20)16-18-4-1-5-19-16/h1-5,10H,6-9,11H2,(H,22,23). The van der Waals surface area contributed by atoms with E-state index in [0.717, 1.165) is 44.2 Å². The van der Waals surface area contributed by atoms with E-state index in [2.05, 4.69) is 19.8 Å². The molecule has 0 unspecified atom stereocenters. The van der Waals surface area contributed by atoms with Crippen molar-refractivity contribution in [1.82, 2.24) is 14.9 Å². The van der Waals surface area contributed by atoms with Crippen LogP contribution in [-0.2, 0) is 6.54 Å². The van der Waals surface area contributed by atoms with Crippen LogP contribution in [0.25, 0.3) is 0 Å². The highest BCUT2D eigenvalue weighted by atomic mass is 35.5. The van der Waals surface area contributed by atoms with Crippen molar-refractivity contribution in [3.63, 3.8) is 0 Å². The maximum Gasteiger partial charge on any atom is 0.337 e. The first-order valence-corrected chi connectivity index (χ1v) is 7.77. The summed E-state index contributed by atoms with van der Waals surface area (Å²) >= 11 is 6.02. The molecule has 120 valence electrons. The lowest BCUT2D eigenvalue weighted by Gasteiger charge is -2.34. The van der Waals surface area contributed by atoms with Crippen molar-refractivity contribution in [2.45, 2.75) is 6.54 Å². The van der Waals surface area contributed by atoms with Crippen molar-refractivity contribution in [2.75, 3.05) is 31.1 Å². The first-order chi connectivity index (χ1) is 11.1. The molecule has 0 saturated carbocycles. The van der Waals surface area contributed by atoms with Gasteiger partial charge in [0.2, 0.25) is 5.95 Å². The van der Waals surface area contributed by atoms with E-state index in [4.69, 9.17) is 16.7 Å². The van der Waals surface area contributed by atoms with Gasteiger partial charge in [0.25, 0.3) is 0 Å². The van der Waals surface area contributed by atoms with Crippen molar-refractivity contribution < 1.29 is 9.90 Å². The molecule has 0 radical (unpaired) electrons. The molecule has 3 rings (SSSR count). The number of carbonyl (C=O) groups is 1. The largest absolute Gasteiger partial charge is 0.478 e. The van der Waals surface area contributed by atoms with Crippen LogP contribution in [0.1, 0.15) is 15.9 Å². The minimum absolute atomic E-state index is 0.140. The van der Waals surface area contributed by atoms with Crippen molar-refractivity contribution in [3.05, 3.63) is 52.8 Å². The number of aromatic nitrogens is 2. The summed E-state index contributed by atoms with van der Waals surface area (Å²) in [6, 6.07) is 6.93. The molecule has 6 nitrogen and oxygen atoms in total. The van der Waals surface area contributed by atoms with Crippen LogP contribution in [0.15, 0.2) is 36.7 Å². The highest BCUT2D eigenvalue weighted by molar-refractivity contribution is 6.33. The number of carboxylic acid groups (broad SMARTS) is 1. The van der Waals surface area contributed by atoms with Gasteiger partial charge in [-0.3, -0.25) is 4.90 Å². The normalized spacial score (nSPS) is 15.6. The van der Waals surface area contributed by atoms with E-state index in [1.54, 1.807) is 24.5 Å². The lowest BCUT2D eigenvalue weighted by molar-refractivity contribution is 0.0697. The Hall–Kier alpha value is -2.18. The van der Waals surface area contributed by atoms with Crippen LogP contribution in [0, 0.1) is 0 Å². The van der Waals surface area contributed by atoms with Crippen molar-refractivity contribution in [1.29, 1.82) is 0 Å². The number of piperazine rings is 1. The summed E-state index contributed by atoms with van der Waals surface area (Å²) in [5, 5.41) is 9.29. The van der Waals surface area contributed by atoms with Crippen LogP contribution < -0.4 is 4.90 Å². The third-order valence-electron chi connectivity index (χ3n) is 3.88. The highest BCUT2D eigenvalue weighted by Crippen LogP contribution is 2.20. The van der Waals surface area contributed by atoms with Gasteiger partial charge in [-0.15, -0.1) is 0 Å². The zero-order valence-electron chi connectivity index (χ0n) is 12.5. The molecular formula is C16H17ClN4O2. The molecule has 0 atom stereocenters. The van der Waals surface area contributed by atoms with Gasteiger partial charge in [0.15, 0.2) is 0 Å². The van der Waals surface area contributed by atoms with E-state index in [1.165, 1.54) is 0 Å². The lowest BCUT2D eigenvalue weighted by atomic mass is 10.1. The smallest absolute Gasteiger partial charge is 0.337 e. The number of hydrogen-bond acceptors (Lipinski definition) is 5. The third kappa shape index (κ3) is 3.78. The predicted molar refractivity (Wildman–Crippen MR) is 87.9 cm³/mol. The van der Waals surface area contributed by atoms with E-state index in [0.29, 0.717) is 0 Å². The summed E-state index contributed by atoms with van der Waals surface area (Å²) in [4.78, 5) is 24.0. The number of halogens is 1. The zero-order chi connectivity index (χ0) is 16.2. The summed E-state index contributed by atoms with van der Waals surface area (Å²) in [6.45, 7) is 4.28. The number of benzene rings is 1. The SMILES string of the molecule is O=C(O)c1ccc(CN2CCN(c3ncccn3)CC2)cc1Cl. The first-order valence-electron chi connectivity index (χ1n) is 7.39. The van der Waals surface area contributed by atoms with Gasteiger partial charge in [-0.2, -0.15) is 0 Å². The van der Waals surface area contributed by atoms with Crippen LogP contribution in [0.4, 0.5) is 5.95 Å². The minimum Gasteiger partial charge on any atom is -0.478 e. The Balaban J connectivity index is 1.59. The molecular weight excluding hydrogens is 316 g/mol. The monoisotopic (exact) mass is 332 g/mol. The molecule has 2 heterocycles. The number of nitrogens with zero attached hydrogens (tertiary/aromatic N) is 4. The fourth-order valence-electron chi connectivity index (χ4n) is 2.65. The number of hydrogen-bond donors (Lipinski definition) is 1. The molecule has 1 aliphatic rings. The number of carboxylic acids is 1. The summed E-state index contributed by atoms with van der Waals surface area (Å²) in [7, 11) is 0. The van der Waals surface area contributed by atoms with Gasteiger partial charge in [-0.1, -0.05) is 17.7 Å². The molecule has 1 aromatic heterocycles. The Kier molecular flexibility index (Phi) is 4.73. The Labute approximate surface area is 139 Å². The van der Waals surface area contributed by atoms with Gasteiger partial charge in [-0.05, 0) is 23.8 Å². The van der Waals surface area contributed by atoms with E-state index < -0.39 is 5.97 Å². The molecule has 0 spiro atoms. The number of rotatable bonds is 4. The Morgan fingerprint density at radius 1 is 1.17 bits per heavy atom. The Bertz CT molecular complexity index is 688. The Morgan fingerprint density at radius 2 is 1.87 bits per heavy atom. The summed E-state index contributed by atoms with van der Waals surface area (Å²) in [6.07, 6.45) is 3.50. The number of anilines is 1. The Morgan fingerprint density at radius 3 is 2.48 bits per heavy atom.